The molecule has 0 fully saturated rings. The van der Waals surface area contributed by atoms with Crippen molar-refractivity contribution in [1.82, 2.24) is 0 Å². The van der Waals surface area contributed by atoms with E-state index in [0.717, 1.165) is 72.7 Å². The normalized spacial score (nSPS) is 13.8. The van der Waals surface area contributed by atoms with Crippen molar-refractivity contribution in [2.75, 3.05) is 17.3 Å². The second-order valence-electron chi connectivity index (χ2n) is 9.48. The zero-order valence-corrected chi connectivity index (χ0v) is 35.8. The molecule has 0 aliphatic rings. The summed E-state index contributed by atoms with van der Waals surface area (Å²) in [6, 6.07) is 0. The van der Waals surface area contributed by atoms with Crippen LogP contribution in [-0.2, 0) is 73.6 Å². The molecule has 0 aromatic heterocycles. The van der Waals surface area contributed by atoms with Crippen LogP contribution in [0.4, 0.5) is 0 Å². The molecule has 41 heavy (non-hydrogen) atoms. The van der Waals surface area contributed by atoms with E-state index < -0.39 is 17.1 Å². The molecule has 0 heterocycles. The fourth-order valence-electron chi connectivity index (χ4n) is 3.28. The Bertz CT molecular complexity index is 612. The minimum atomic E-state index is -3.51. The van der Waals surface area contributed by atoms with Gasteiger partial charge in [-0.2, -0.15) is 51.2 Å². The minimum absolute atomic E-state index is 0. The van der Waals surface area contributed by atoms with E-state index >= 15 is 0 Å². The molecule has 0 saturated heterocycles. The first-order valence-corrected chi connectivity index (χ1v) is 26.7. The molecule has 17 heteroatoms. The summed E-state index contributed by atoms with van der Waals surface area (Å²) in [5.74, 6) is 3.53. The van der Waals surface area contributed by atoms with Crippen molar-refractivity contribution in [2.24, 2.45) is 17.8 Å². The predicted molar refractivity (Wildman–Crippen MR) is 180 cm³/mol. The van der Waals surface area contributed by atoms with E-state index in [2.05, 4.69) is 77.0 Å². The molecule has 0 rings (SSSR count). The van der Waals surface area contributed by atoms with Gasteiger partial charge in [-0.15, -0.1) is 35.4 Å². The number of unbranched alkanes of at least 4 members (excludes halogenated alkanes) is 3. The third-order valence-corrected chi connectivity index (χ3v) is 15.9. The van der Waals surface area contributed by atoms with Gasteiger partial charge in [0, 0.05) is 0 Å². The average molecular weight is 880 g/mol. The average Bonchev–Trinajstić information content (AvgIpc) is 2.83. The number of hydrogen-bond donors (Lipinski definition) is 0. The van der Waals surface area contributed by atoms with E-state index in [1.54, 1.807) is 0 Å². The van der Waals surface area contributed by atoms with Crippen molar-refractivity contribution in [2.45, 2.75) is 119 Å². The van der Waals surface area contributed by atoms with Crippen molar-refractivity contribution in [3.8, 4) is 0 Å². The van der Waals surface area contributed by atoms with E-state index in [9.17, 15) is 29.4 Å². The first-order chi connectivity index (χ1) is 18.0. The van der Waals surface area contributed by atoms with Gasteiger partial charge in [0.25, 0.3) is 0 Å². The van der Waals surface area contributed by atoms with Crippen LogP contribution in [0.15, 0.2) is 0 Å². The van der Waals surface area contributed by atoms with E-state index in [4.69, 9.17) is 0 Å². The van der Waals surface area contributed by atoms with Crippen LogP contribution in [0.5, 0.6) is 0 Å². The van der Waals surface area contributed by atoms with Gasteiger partial charge < -0.3 is 29.4 Å². The van der Waals surface area contributed by atoms with Crippen molar-refractivity contribution in [3.05, 3.63) is 0 Å². The van der Waals surface area contributed by atoms with E-state index in [1.165, 1.54) is 38.5 Å². The standard InChI is InChI=1S/3C8H19O2PS2.Cu.Mo/c3*1-3-5-6-8(4-2)7-13-11(9,10)12;;/h3*8H,3-7H2,1-2H3,(H2,9,10,12);;/q;;;+2;+4/p-6. The van der Waals surface area contributed by atoms with Gasteiger partial charge in [0.15, 0.2) is 0 Å². The number of rotatable bonds is 21. The van der Waals surface area contributed by atoms with Crippen LogP contribution in [0.1, 0.15) is 119 Å². The van der Waals surface area contributed by atoms with Crippen LogP contribution < -0.4 is 29.4 Å². The molecule has 0 bridgehead atoms. The van der Waals surface area contributed by atoms with Crippen LogP contribution in [0, 0.1) is 17.8 Å². The molecule has 0 saturated carbocycles. The Morgan fingerprint density at radius 3 is 0.805 bits per heavy atom. The Hall–Kier alpha value is 3.97. The number of hydrogen-bond acceptors (Lipinski definition) is 12. The molecule has 0 spiro atoms. The van der Waals surface area contributed by atoms with Crippen molar-refractivity contribution in [1.29, 1.82) is 0 Å². The Kier molecular flexibility index (Phi) is 44.9. The fraction of sp³-hybridized carbons (Fsp3) is 1.00. The first-order valence-electron chi connectivity index (χ1n) is 14.0. The molecular formula is C24H51CuMoO6P3S6. The maximum Gasteiger partial charge on any atom is 4.00 e. The third-order valence-electron chi connectivity index (χ3n) is 6.03. The van der Waals surface area contributed by atoms with Crippen LogP contribution in [0.25, 0.3) is 0 Å². The molecule has 0 N–H and O–H groups in total. The Balaban J connectivity index is -0.000000154. The Morgan fingerprint density at radius 2 is 0.683 bits per heavy atom. The quantitative estimate of drug-likeness (QED) is 0.104. The second-order valence-corrected chi connectivity index (χ2v) is 27.0. The maximum absolute atomic E-state index is 10.7. The summed E-state index contributed by atoms with van der Waals surface area (Å²) in [5, 5.41) is 0. The molecule has 0 aliphatic carbocycles. The van der Waals surface area contributed by atoms with Crippen molar-refractivity contribution < 1.29 is 67.5 Å². The zero-order chi connectivity index (χ0) is 31.0. The molecule has 3 atom stereocenters. The van der Waals surface area contributed by atoms with Gasteiger partial charge in [0.2, 0.25) is 0 Å². The maximum atomic E-state index is 10.7. The van der Waals surface area contributed by atoms with E-state index in [0.29, 0.717) is 35.0 Å². The second kappa shape index (κ2) is 33.9. The summed E-state index contributed by atoms with van der Waals surface area (Å²) in [5.41, 5.74) is -10.5. The van der Waals surface area contributed by atoms with Gasteiger partial charge in [0.1, 0.15) is 0 Å². The molecular weight excluding hydrogens is 829 g/mol. The van der Waals surface area contributed by atoms with Gasteiger partial charge in [-0.05, 0) is 54.3 Å². The van der Waals surface area contributed by atoms with Gasteiger partial charge in [-0.1, -0.05) is 99.3 Å². The largest absolute Gasteiger partial charge is 4.00 e. The predicted octanol–water partition coefficient (Wildman–Crippen LogP) is 5.64. The summed E-state index contributed by atoms with van der Waals surface area (Å²) in [4.78, 5) is 64.4. The summed E-state index contributed by atoms with van der Waals surface area (Å²) < 4.78 is 0. The molecule has 0 aromatic rings. The van der Waals surface area contributed by atoms with Crippen LogP contribution >= 0.6 is 51.2 Å². The minimum Gasteiger partial charge on any atom is -0.825 e. The zero-order valence-electron chi connectivity index (χ0n) is 25.3. The van der Waals surface area contributed by atoms with Crippen LogP contribution in [0.2, 0.25) is 0 Å². The fourth-order valence-corrected chi connectivity index (χ4v) is 10.9. The first kappa shape index (κ1) is 54.4. The van der Waals surface area contributed by atoms with Crippen molar-refractivity contribution >= 4 is 86.6 Å². The van der Waals surface area contributed by atoms with Gasteiger partial charge >= 0.3 is 38.1 Å². The molecule has 0 amide bonds. The molecule has 1 radical (unpaired) electrons. The van der Waals surface area contributed by atoms with Gasteiger partial charge in [0.05, 0.1) is 0 Å². The van der Waals surface area contributed by atoms with E-state index in [-0.39, 0.29) is 38.1 Å². The summed E-state index contributed by atoms with van der Waals surface area (Å²) in [7, 11) is 0. The van der Waals surface area contributed by atoms with Crippen molar-refractivity contribution in [3.63, 3.8) is 0 Å². The monoisotopic (exact) mass is 881 g/mol. The Labute approximate surface area is 304 Å². The summed E-state index contributed by atoms with van der Waals surface area (Å²) in [6.45, 7) is 12.7. The van der Waals surface area contributed by atoms with Gasteiger partial charge in [-0.3, -0.25) is 0 Å². The van der Waals surface area contributed by atoms with Crippen LogP contribution in [0.3, 0.4) is 0 Å². The molecule has 0 aliphatic heterocycles. The smallest absolute Gasteiger partial charge is 0.825 e. The third kappa shape index (κ3) is 48.5. The van der Waals surface area contributed by atoms with Gasteiger partial charge in [-0.25, -0.2) is 0 Å². The molecule has 0 aromatic carbocycles. The summed E-state index contributed by atoms with van der Waals surface area (Å²) in [6.07, 6.45) is 13.5. The van der Waals surface area contributed by atoms with E-state index in [1.807, 2.05) is 0 Å². The molecule has 3 unspecified atom stereocenters. The molecule has 6 nitrogen and oxygen atoms in total. The SMILES string of the molecule is CCCCC(CC)CSP([O-])([O-])=S.CCCCC(CC)CSP([O-])([O-])=S.CCCCC(CC)CSP([O-])([O-])=S.[Cu+2].[Mo+4]. The Morgan fingerprint density at radius 1 is 0.488 bits per heavy atom. The topological polar surface area (TPSA) is 138 Å². The van der Waals surface area contributed by atoms with Crippen LogP contribution in [-0.4, -0.2) is 17.3 Å². The summed E-state index contributed by atoms with van der Waals surface area (Å²) >= 11 is 15.8. The molecule has 251 valence electrons.